The Balaban J connectivity index is 1.26. The van der Waals surface area contributed by atoms with E-state index in [2.05, 4.69) is 27.8 Å². The molecule has 16 atom stereocenters. The van der Waals surface area contributed by atoms with Gasteiger partial charge >= 0.3 is 18.1 Å². The second-order valence-corrected chi connectivity index (χ2v) is 24.8. The number of carbonyl (C=O) groups is 8. The number of amides is 6. The van der Waals surface area contributed by atoms with Gasteiger partial charge in [-0.05, 0) is 132 Å². The van der Waals surface area contributed by atoms with Crippen molar-refractivity contribution in [1.29, 1.82) is 0 Å². The van der Waals surface area contributed by atoms with E-state index in [1.54, 1.807) is 72.1 Å². The second kappa shape index (κ2) is 34.7. The predicted octanol–water partition coefficient (Wildman–Crippen LogP) is 5.40. The first kappa shape index (κ1) is 72.6. The molecule has 24 heteroatoms. The number of nitrogens with zero attached hydrogens (tertiary/aromatic N) is 1. The number of methoxy groups -OCH3 is 3. The molecule has 1 unspecified atom stereocenters. The van der Waals surface area contributed by atoms with Gasteiger partial charge in [0, 0.05) is 64.3 Å². The summed E-state index contributed by atoms with van der Waals surface area (Å²) in [6.07, 6.45) is 3.85. The molecule has 492 valence electrons. The Kier molecular flexibility index (Phi) is 28.7. The topological polar surface area (TPSA) is 345 Å². The van der Waals surface area contributed by atoms with Gasteiger partial charge in [-0.2, -0.15) is 0 Å². The number of urea groups is 1. The van der Waals surface area contributed by atoms with Crippen LogP contribution in [0.2, 0.25) is 0 Å². The highest BCUT2D eigenvalue weighted by molar-refractivity contribution is 6.39. The summed E-state index contributed by atoms with van der Waals surface area (Å²) < 4.78 is 41.9. The monoisotopic (exact) mass is 1240 g/mol. The number of nitrogens with one attached hydrogen (secondary N) is 4. The number of carbonyl (C=O) groups excluding carboxylic acids is 8. The average Bonchev–Trinajstić information content (AvgIpc) is 1.25. The Hall–Kier alpha value is -6.12. The molecule has 88 heavy (non-hydrogen) atoms. The highest BCUT2D eigenvalue weighted by atomic mass is 16.7. The van der Waals surface area contributed by atoms with Crippen LogP contribution in [-0.2, 0) is 68.5 Å². The molecule has 3 heterocycles. The lowest BCUT2D eigenvalue weighted by atomic mass is 9.81. The van der Waals surface area contributed by atoms with Crippen LogP contribution in [0.1, 0.15) is 138 Å². The fourth-order valence-corrected chi connectivity index (χ4v) is 12.3. The molecule has 1 aromatic rings. The summed E-state index contributed by atoms with van der Waals surface area (Å²) in [7, 11) is 4.58. The number of Topliss-reactive ketones (excluding diaryl/α,β-unsaturated/α-hetero) is 2. The molecule has 3 fully saturated rings. The first-order valence-electron chi connectivity index (χ1n) is 31.0. The van der Waals surface area contributed by atoms with Crippen LogP contribution in [0.5, 0.6) is 0 Å². The minimum absolute atomic E-state index is 0.0318. The number of primary amides is 1. The molecule has 1 aliphatic carbocycles. The number of ketones is 2. The number of nitrogens with two attached hydrogens (primary N) is 2. The lowest BCUT2D eigenvalue weighted by Gasteiger charge is -2.47. The Bertz CT molecular complexity index is 2600. The normalized spacial score (nSPS) is 30.5. The number of hydrogen-bond donors (Lipinski definition) is 8. The van der Waals surface area contributed by atoms with Gasteiger partial charge < -0.3 is 75.7 Å². The summed E-state index contributed by atoms with van der Waals surface area (Å²) in [6.45, 7) is 16.5. The second-order valence-electron chi connectivity index (χ2n) is 24.8. The van der Waals surface area contributed by atoms with Gasteiger partial charge in [0.15, 0.2) is 0 Å². The number of ether oxygens (including phenoxy) is 7. The van der Waals surface area contributed by atoms with Crippen molar-refractivity contribution in [3.63, 3.8) is 0 Å². The lowest BCUT2D eigenvalue weighted by molar-refractivity contribution is -0.302. The summed E-state index contributed by atoms with van der Waals surface area (Å²) in [5.41, 5.74) is 13.7. The molecule has 3 aliphatic heterocycles. The number of hydrogen-bond acceptors (Lipinski definition) is 18. The number of piperidine rings is 1. The van der Waals surface area contributed by atoms with E-state index < -0.39 is 126 Å². The Morgan fingerprint density at radius 1 is 0.898 bits per heavy atom. The first-order chi connectivity index (χ1) is 41.7. The number of esters is 1. The zero-order valence-electron chi connectivity index (χ0n) is 53.1. The number of benzene rings is 1. The maximum atomic E-state index is 14.7. The molecule has 0 aromatic heterocycles. The molecular formula is C64H99N7O17. The van der Waals surface area contributed by atoms with Crippen molar-refractivity contribution in [2.45, 2.75) is 205 Å². The highest BCUT2D eigenvalue weighted by Crippen LogP contribution is 2.40. The van der Waals surface area contributed by atoms with Crippen LogP contribution in [0.4, 0.5) is 15.3 Å². The number of rotatable bonds is 21. The third-order valence-electron chi connectivity index (χ3n) is 17.6. The van der Waals surface area contributed by atoms with E-state index in [9.17, 15) is 48.6 Å². The maximum Gasteiger partial charge on any atom is 0.409 e. The zero-order chi connectivity index (χ0) is 65.0. The van der Waals surface area contributed by atoms with Crippen LogP contribution in [0.25, 0.3) is 0 Å². The molecule has 1 aromatic carbocycles. The molecule has 0 radical (unpaired) electrons. The van der Waals surface area contributed by atoms with Crippen molar-refractivity contribution in [3.8, 4) is 0 Å². The third-order valence-corrected chi connectivity index (χ3v) is 17.6. The number of fused-ring (bicyclic) bond motifs is 3. The summed E-state index contributed by atoms with van der Waals surface area (Å²) >= 11 is 0. The molecule has 24 nitrogen and oxygen atoms in total. The number of allylic oxidation sites excluding steroid dienone is 4. The molecular weight excluding hydrogens is 1140 g/mol. The smallest absolute Gasteiger partial charge is 0.409 e. The van der Waals surface area contributed by atoms with Crippen LogP contribution in [0, 0.1) is 35.5 Å². The van der Waals surface area contributed by atoms with Gasteiger partial charge in [0.25, 0.3) is 11.7 Å². The largest absolute Gasteiger partial charge is 0.456 e. The van der Waals surface area contributed by atoms with E-state index in [1.807, 2.05) is 26.0 Å². The standard InChI is InChI=1S/C64H99N7O17/c1-12-16-44-28-37(4)27-38(5)29-52(83-10)56-53(84-11)31-40(7)64(81,88-56)57(74)60(77)71-26-14-13-18-47(71)61(78)87-55(41(8)48(72)33-49(44)73)39(6)30-43-21-24-50(51(32-43)82-9)86-35-68-63(80)85-34-42-19-22-45(23-20-42)69-58(75)46(17-15-25-67-62(66)79)70-59(76)54(65)36(2)3/h12,19-20,22-23,28,30,36,38,40-41,43-44,46-48,50-56,72,81H,1,13-18,21,24-27,29,31-35,65H2,2-11H3,(H,68,80)(H,69,75)(H,70,76)(H3,66,67,79)/b37-28?,39-30+/t38-,40+,41+,43?,44+,46-,47-,48-,50+,51+,52-,53-,54-,55+,56+,64+/m0/s1. The molecule has 5 rings (SSSR count). The maximum absolute atomic E-state index is 14.7. The van der Waals surface area contributed by atoms with Crippen LogP contribution >= 0.6 is 0 Å². The number of cyclic esters (lactones) is 1. The number of alkyl carbamates (subject to hydrolysis) is 1. The molecule has 1 saturated carbocycles. The van der Waals surface area contributed by atoms with Gasteiger partial charge in [-0.25, -0.2) is 14.4 Å². The van der Waals surface area contributed by atoms with Gasteiger partial charge in [-0.15, -0.1) is 6.58 Å². The van der Waals surface area contributed by atoms with Crippen molar-refractivity contribution in [1.82, 2.24) is 20.9 Å². The number of aliphatic hydroxyl groups is 2. The van der Waals surface area contributed by atoms with Crippen LogP contribution in [0.3, 0.4) is 0 Å². The van der Waals surface area contributed by atoms with Gasteiger partial charge in [0.05, 0.1) is 36.6 Å². The van der Waals surface area contributed by atoms with Crippen LogP contribution in [0.15, 0.2) is 60.2 Å². The summed E-state index contributed by atoms with van der Waals surface area (Å²) in [5, 5.41) is 34.7. The van der Waals surface area contributed by atoms with E-state index in [4.69, 9.17) is 44.6 Å². The SMILES string of the molecule is C=CC[C@@H]1C=C(C)C[C@H](C)C[C@H](OC)[C@H]2O[C@@](O)(C(=O)C(=O)N3CCCC[C@H]3C(=O)O[C@H](/C(C)=C/C3CC[C@@H](OCNC(=O)OCc4ccc(NC(=O)[C@H](CCCNC(N)=O)NC(=O)[C@@H](N)C(C)C)cc4)[C@H](OC)C3)[C@H](C)[C@@H](O)CC1=O)[C@H](C)C[C@@H]2OC. The van der Waals surface area contributed by atoms with Crippen molar-refractivity contribution in [2.75, 3.05) is 46.5 Å². The van der Waals surface area contributed by atoms with Gasteiger partial charge in [0.2, 0.25) is 17.6 Å². The Morgan fingerprint density at radius 2 is 1.58 bits per heavy atom. The van der Waals surface area contributed by atoms with E-state index in [-0.39, 0.29) is 75.6 Å². The fourth-order valence-electron chi connectivity index (χ4n) is 12.3. The first-order valence-corrected chi connectivity index (χ1v) is 31.0. The van der Waals surface area contributed by atoms with Crippen LogP contribution in [-0.4, -0.2) is 170 Å². The summed E-state index contributed by atoms with van der Waals surface area (Å²) in [5.74, 6) is -9.54. The van der Waals surface area contributed by atoms with Crippen molar-refractivity contribution < 1.29 is 81.7 Å². The lowest BCUT2D eigenvalue weighted by Crippen LogP contribution is -2.64. The minimum atomic E-state index is -2.57. The van der Waals surface area contributed by atoms with Gasteiger partial charge in [-0.3, -0.25) is 29.3 Å². The van der Waals surface area contributed by atoms with Crippen molar-refractivity contribution in [3.05, 3.63) is 65.8 Å². The molecule has 0 spiro atoms. The van der Waals surface area contributed by atoms with E-state index in [1.165, 1.54) is 14.2 Å². The molecule has 10 N–H and O–H groups in total. The van der Waals surface area contributed by atoms with Gasteiger partial charge in [-0.1, -0.05) is 70.6 Å². The molecule has 4 aliphatic rings. The Morgan fingerprint density at radius 3 is 2.23 bits per heavy atom. The number of anilines is 1. The minimum Gasteiger partial charge on any atom is -0.456 e. The number of aliphatic hydroxyl groups excluding tert-OH is 1. The summed E-state index contributed by atoms with van der Waals surface area (Å²) in [4.78, 5) is 109. The van der Waals surface area contributed by atoms with Crippen molar-refractivity contribution >= 4 is 53.1 Å². The van der Waals surface area contributed by atoms with Crippen LogP contribution < -0.4 is 32.7 Å². The van der Waals surface area contributed by atoms with Crippen molar-refractivity contribution in [2.24, 2.45) is 47.0 Å². The fraction of sp³-hybridized carbons (Fsp3) is 0.688. The predicted molar refractivity (Wildman–Crippen MR) is 326 cm³/mol. The highest BCUT2D eigenvalue weighted by Gasteiger charge is 2.57. The molecule has 2 saturated heterocycles. The molecule has 6 amide bonds. The van der Waals surface area contributed by atoms with E-state index in [0.717, 1.165) is 10.5 Å². The van der Waals surface area contributed by atoms with E-state index >= 15 is 0 Å². The molecule has 2 bridgehead atoms. The quantitative estimate of drug-likeness (QED) is 0.0251. The summed E-state index contributed by atoms with van der Waals surface area (Å²) in [6, 6.07) is 2.86. The third kappa shape index (κ3) is 20.5. The zero-order valence-corrected chi connectivity index (χ0v) is 53.1. The van der Waals surface area contributed by atoms with E-state index in [0.29, 0.717) is 74.6 Å². The Labute approximate surface area is 518 Å². The van der Waals surface area contributed by atoms with Gasteiger partial charge in [0.1, 0.15) is 43.4 Å². The average molecular weight is 1240 g/mol.